The van der Waals surface area contributed by atoms with Crippen molar-refractivity contribution in [3.05, 3.63) is 35.5 Å². The Morgan fingerprint density at radius 1 is 1.33 bits per heavy atom. The van der Waals surface area contributed by atoms with Crippen LogP contribution in [0.5, 0.6) is 0 Å². The summed E-state index contributed by atoms with van der Waals surface area (Å²) in [5.41, 5.74) is 1.71. The quantitative estimate of drug-likeness (QED) is 0.650. The van der Waals surface area contributed by atoms with Crippen molar-refractivity contribution in [1.82, 2.24) is 24.7 Å². The van der Waals surface area contributed by atoms with Crippen molar-refractivity contribution in [2.24, 2.45) is 5.92 Å². The molecule has 9 heteroatoms. The molecule has 3 heterocycles. The molecule has 2 aromatic heterocycles. The molecule has 164 valence electrons. The Hall–Kier alpha value is -2.68. The van der Waals surface area contributed by atoms with Crippen molar-refractivity contribution >= 4 is 11.8 Å². The Morgan fingerprint density at radius 2 is 2.13 bits per heavy atom. The lowest BCUT2D eigenvalue weighted by molar-refractivity contribution is -0.139. The van der Waals surface area contributed by atoms with Gasteiger partial charge in [0.1, 0.15) is 5.76 Å². The first kappa shape index (κ1) is 22.0. The summed E-state index contributed by atoms with van der Waals surface area (Å²) in [5.74, 6) is 0.943. The van der Waals surface area contributed by atoms with Crippen LogP contribution in [0.15, 0.2) is 23.0 Å². The normalized spacial score (nSPS) is 17.6. The van der Waals surface area contributed by atoms with Crippen LogP contribution >= 0.6 is 0 Å². The molecule has 1 unspecified atom stereocenters. The standard InChI is InChI=1S/C21H31N5O4/c1-15(2)10-24-11-18(29-14-19-16(3)23-30-17(19)4)12-25(13-21(24)28)20(27)6-9-26-8-5-7-22-26/h5,7-8,15,18H,6,9-14H2,1-4H3. The molecule has 0 radical (unpaired) electrons. The second-order valence-corrected chi connectivity index (χ2v) is 8.22. The molecule has 2 amide bonds. The molecule has 1 aliphatic rings. The molecule has 0 saturated carbocycles. The number of amides is 2. The van der Waals surface area contributed by atoms with Crippen molar-refractivity contribution < 1.29 is 18.8 Å². The summed E-state index contributed by atoms with van der Waals surface area (Å²) < 4.78 is 13.1. The molecule has 1 fully saturated rings. The maximum absolute atomic E-state index is 12.8. The summed E-state index contributed by atoms with van der Waals surface area (Å²) in [6.45, 7) is 10.3. The van der Waals surface area contributed by atoms with Gasteiger partial charge in [-0.15, -0.1) is 0 Å². The van der Waals surface area contributed by atoms with Crippen LogP contribution < -0.4 is 0 Å². The minimum atomic E-state index is -0.280. The minimum Gasteiger partial charge on any atom is -0.370 e. The lowest BCUT2D eigenvalue weighted by atomic mass is 10.2. The van der Waals surface area contributed by atoms with Gasteiger partial charge in [-0.1, -0.05) is 19.0 Å². The van der Waals surface area contributed by atoms with E-state index in [9.17, 15) is 9.59 Å². The molecule has 2 aromatic rings. The van der Waals surface area contributed by atoms with Gasteiger partial charge in [-0.25, -0.2) is 0 Å². The van der Waals surface area contributed by atoms with Gasteiger partial charge in [-0.3, -0.25) is 14.3 Å². The maximum Gasteiger partial charge on any atom is 0.242 e. The SMILES string of the molecule is Cc1noc(C)c1COC1CN(C(=O)CCn2cccn2)CC(=O)N(CC(C)C)C1. The molecule has 9 nitrogen and oxygen atoms in total. The van der Waals surface area contributed by atoms with Crippen molar-refractivity contribution in [2.75, 3.05) is 26.2 Å². The highest BCUT2D eigenvalue weighted by Crippen LogP contribution is 2.17. The molecule has 30 heavy (non-hydrogen) atoms. The van der Waals surface area contributed by atoms with Crippen LogP contribution in [0, 0.1) is 19.8 Å². The Kier molecular flexibility index (Phi) is 7.25. The predicted molar refractivity (Wildman–Crippen MR) is 109 cm³/mol. The number of hydrogen-bond acceptors (Lipinski definition) is 6. The summed E-state index contributed by atoms with van der Waals surface area (Å²) in [6, 6.07) is 1.82. The number of aryl methyl sites for hydroxylation is 3. The van der Waals surface area contributed by atoms with Gasteiger partial charge in [0.15, 0.2) is 0 Å². The topological polar surface area (TPSA) is 93.7 Å². The molecule has 3 rings (SSSR count). The second-order valence-electron chi connectivity index (χ2n) is 8.22. The van der Waals surface area contributed by atoms with E-state index in [1.807, 2.05) is 31.0 Å². The number of aromatic nitrogens is 3. The van der Waals surface area contributed by atoms with Crippen LogP contribution in [-0.2, 0) is 27.5 Å². The van der Waals surface area contributed by atoms with Crippen molar-refractivity contribution in [3.8, 4) is 0 Å². The minimum absolute atomic E-state index is 0.0421. The molecule has 0 bridgehead atoms. The molecule has 1 aliphatic heterocycles. The number of ether oxygens (including phenoxy) is 1. The van der Waals surface area contributed by atoms with Crippen molar-refractivity contribution in [1.29, 1.82) is 0 Å². The van der Waals surface area contributed by atoms with Gasteiger partial charge in [-0.05, 0) is 25.8 Å². The fourth-order valence-corrected chi connectivity index (χ4v) is 3.60. The number of hydrogen-bond donors (Lipinski definition) is 0. The van der Waals surface area contributed by atoms with Crippen LogP contribution in [0.1, 0.15) is 37.3 Å². The summed E-state index contributed by atoms with van der Waals surface area (Å²) in [6.07, 6.45) is 3.51. The first-order valence-corrected chi connectivity index (χ1v) is 10.4. The molecular formula is C21H31N5O4. The first-order valence-electron chi connectivity index (χ1n) is 10.4. The Labute approximate surface area is 176 Å². The summed E-state index contributed by atoms with van der Waals surface area (Å²) in [4.78, 5) is 29.1. The number of nitrogens with zero attached hydrogens (tertiary/aromatic N) is 5. The predicted octanol–water partition coefficient (Wildman–Crippen LogP) is 1.79. The highest BCUT2D eigenvalue weighted by Gasteiger charge is 2.31. The van der Waals surface area contributed by atoms with Gasteiger partial charge in [0.25, 0.3) is 0 Å². The van der Waals surface area contributed by atoms with E-state index < -0.39 is 0 Å². The Balaban J connectivity index is 1.68. The van der Waals surface area contributed by atoms with E-state index in [0.29, 0.717) is 38.7 Å². The molecule has 1 atom stereocenters. The highest BCUT2D eigenvalue weighted by molar-refractivity contribution is 5.85. The van der Waals surface area contributed by atoms with E-state index in [2.05, 4.69) is 24.1 Å². The smallest absolute Gasteiger partial charge is 0.242 e. The average molecular weight is 418 g/mol. The summed E-state index contributed by atoms with van der Waals surface area (Å²) in [5, 5.41) is 8.10. The van der Waals surface area contributed by atoms with E-state index in [1.165, 1.54) is 0 Å². The monoisotopic (exact) mass is 417 g/mol. The van der Waals surface area contributed by atoms with Crippen molar-refractivity contribution in [2.45, 2.75) is 53.4 Å². The Bertz CT molecular complexity index is 826. The zero-order valence-corrected chi connectivity index (χ0v) is 18.2. The largest absolute Gasteiger partial charge is 0.370 e. The molecule has 0 aliphatic carbocycles. The van der Waals surface area contributed by atoms with Gasteiger partial charge in [-0.2, -0.15) is 5.10 Å². The lowest BCUT2D eigenvalue weighted by Crippen LogP contribution is -2.40. The van der Waals surface area contributed by atoms with Gasteiger partial charge in [0.05, 0.1) is 24.9 Å². The van der Waals surface area contributed by atoms with E-state index in [1.54, 1.807) is 15.8 Å². The van der Waals surface area contributed by atoms with Gasteiger partial charge in [0.2, 0.25) is 11.8 Å². The number of carbonyl (C=O) groups excluding carboxylic acids is 2. The number of rotatable bonds is 8. The molecule has 0 spiro atoms. The lowest BCUT2D eigenvalue weighted by Gasteiger charge is -2.26. The maximum atomic E-state index is 12.8. The third kappa shape index (κ3) is 5.69. The third-order valence-electron chi connectivity index (χ3n) is 5.22. The van der Waals surface area contributed by atoms with E-state index in [0.717, 1.165) is 17.0 Å². The molecule has 1 saturated heterocycles. The van der Waals surface area contributed by atoms with Crippen LogP contribution in [-0.4, -0.2) is 68.8 Å². The zero-order chi connectivity index (χ0) is 21.7. The van der Waals surface area contributed by atoms with Gasteiger partial charge in [0, 0.05) is 50.6 Å². The van der Waals surface area contributed by atoms with Crippen LogP contribution in [0.3, 0.4) is 0 Å². The van der Waals surface area contributed by atoms with Crippen LogP contribution in [0.4, 0.5) is 0 Å². The van der Waals surface area contributed by atoms with E-state index >= 15 is 0 Å². The fraction of sp³-hybridized carbons (Fsp3) is 0.619. The van der Waals surface area contributed by atoms with E-state index in [4.69, 9.17) is 9.26 Å². The summed E-state index contributed by atoms with van der Waals surface area (Å²) >= 11 is 0. The number of carbonyl (C=O) groups is 2. The summed E-state index contributed by atoms with van der Waals surface area (Å²) in [7, 11) is 0. The van der Waals surface area contributed by atoms with Crippen LogP contribution in [0.25, 0.3) is 0 Å². The average Bonchev–Trinajstić information content (AvgIpc) is 3.29. The molecular weight excluding hydrogens is 386 g/mol. The zero-order valence-electron chi connectivity index (χ0n) is 18.2. The highest BCUT2D eigenvalue weighted by atomic mass is 16.5. The van der Waals surface area contributed by atoms with E-state index in [-0.39, 0.29) is 30.9 Å². The first-order chi connectivity index (χ1) is 14.3. The fourth-order valence-electron chi connectivity index (χ4n) is 3.60. The van der Waals surface area contributed by atoms with Gasteiger partial charge >= 0.3 is 0 Å². The molecule has 0 N–H and O–H groups in total. The Morgan fingerprint density at radius 3 is 2.77 bits per heavy atom. The van der Waals surface area contributed by atoms with Gasteiger partial charge < -0.3 is 19.1 Å². The molecule has 0 aromatic carbocycles. The third-order valence-corrected chi connectivity index (χ3v) is 5.22. The second kappa shape index (κ2) is 9.88. The van der Waals surface area contributed by atoms with Crippen molar-refractivity contribution in [3.63, 3.8) is 0 Å². The van der Waals surface area contributed by atoms with Crippen LogP contribution in [0.2, 0.25) is 0 Å².